The number of ether oxygens (including phenoxy) is 1. The van der Waals surface area contributed by atoms with Crippen molar-refractivity contribution < 1.29 is 23.4 Å². The van der Waals surface area contributed by atoms with E-state index in [0.29, 0.717) is 6.07 Å². The van der Waals surface area contributed by atoms with Gasteiger partial charge in [0.15, 0.2) is 0 Å². The first-order valence-corrected chi connectivity index (χ1v) is 6.63. The van der Waals surface area contributed by atoms with Gasteiger partial charge in [-0.15, -0.1) is 0 Å². The topological polar surface area (TPSA) is 58.6 Å². The maximum absolute atomic E-state index is 13.0. The average Bonchev–Trinajstić information content (AvgIpc) is 2.50. The molecule has 0 aliphatic carbocycles. The minimum Gasteiger partial charge on any atom is -0.445 e. The summed E-state index contributed by atoms with van der Waals surface area (Å²) in [5, 5.41) is 12.1. The van der Waals surface area contributed by atoms with E-state index in [1.807, 2.05) is 18.2 Å². The van der Waals surface area contributed by atoms with Gasteiger partial charge in [0.05, 0.1) is 12.6 Å². The highest BCUT2D eigenvalue weighted by Crippen LogP contribution is 2.15. The largest absolute Gasteiger partial charge is 0.445 e. The summed E-state index contributed by atoms with van der Waals surface area (Å²) in [6.07, 6.45) is -1.95. The standard InChI is InChI=1S/C16H15F2NO3/c17-13-6-12(7-14(18)8-13)15(20)9-19-16(21)22-10-11-4-2-1-3-5-11/h1-8,15,20H,9-10H2,(H,19,21). The lowest BCUT2D eigenvalue weighted by molar-refractivity contribution is 0.126. The van der Waals surface area contributed by atoms with Gasteiger partial charge < -0.3 is 15.2 Å². The third kappa shape index (κ3) is 4.82. The summed E-state index contributed by atoms with van der Waals surface area (Å²) in [4.78, 5) is 11.5. The Morgan fingerprint density at radius 2 is 1.77 bits per heavy atom. The van der Waals surface area contributed by atoms with Crippen molar-refractivity contribution in [1.29, 1.82) is 0 Å². The summed E-state index contributed by atoms with van der Waals surface area (Å²) in [6.45, 7) is -0.117. The summed E-state index contributed by atoms with van der Waals surface area (Å²) in [5.74, 6) is -1.58. The number of aliphatic hydroxyl groups is 1. The van der Waals surface area contributed by atoms with Gasteiger partial charge >= 0.3 is 6.09 Å². The van der Waals surface area contributed by atoms with E-state index >= 15 is 0 Å². The summed E-state index contributed by atoms with van der Waals surface area (Å²) >= 11 is 0. The summed E-state index contributed by atoms with van der Waals surface area (Å²) in [6, 6.07) is 11.8. The molecule has 0 aliphatic heterocycles. The Morgan fingerprint density at radius 1 is 1.14 bits per heavy atom. The Bertz CT molecular complexity index is 614. The molecule has 1 unspecified atom stereocenters. The molecule has 116 valence electrons. The van der Waals surface area contributed by atoms with E-state index in [4.69, 9.17) is 4.74 Å². The fourth-order valence-electron chi connectivity index (χ4n) is 1.84. The number of carbonyl (C=O) groups is 1. The van der Waals surface area contributed by atoms with Crippen molar-refractivity contribution in [2.45, 2.75) is 12.7 Å². The number of rotatable bonds is 5. The van der Waals surface area contributed by atoms with Crippen molar-refractivity contribution in [3.05, 3.63) is 71.3 Å². The summed E-state index contributed by atoms with van der Waals surface area (Å²) < 4.78 is 31.0. The van der Waals surface area contributed by atoms with E-state index in [1.54, 1.807) is 12.1 Å². The van der Waals surface area contributed by atoms with Gasteiger partial charge in [0, 0.05) is 6.07 Å². The molecule has 2 N–H and O–H groups in total. The molecule has 6 heteroatoms. The van der Waals surface area contributed by atoms with Crippen molar-refractivity contribution >= 4 is 6.09 Å². The van der Waals surface area contributed by atoms with Crippen molar-refractivity contribution in [1.82, 2.24) is 5.32 Å². The van der Waals surface area contributed by atoms with Crippen LogP contribution in [0.25, 0.3) is 0 Å². The first-order valence-electron chi connectivity index (χ1n) is 6.63. The number of aliphatic hydroxyl groups excluding tert-OH is 1. The number of carbonyl (C=O) groups excluding carboxylic acids is 1. The predicted molar refractivity (Wildman–Crippen MR) is 75.9 cm³/mol. The van der Waals surface area contributed by atoms with Crippen molar-refractivity contribution in [2.24, 2.45) is 0 Å². The number of hydrogen-bond donors (Lipinski definition) is 2. The molecule has 0 aliphatic rings. The zero-order valence-electron chi connectivity index (χ0n) is 11.6. The van der Waals surface area contributed by atoms with E-state index in [0.717, 1.165) is 17.7 Å². The van der Waals surface area contributed by atoms with Crippen LogP contribution in [0, 0.1) is 11.6 Å². The summed E-state index contributed by atoms with van der Waals surface area (Å²) in [7, 11) is 0. The number of benzene rings is 2. The van der Waals surface area contributed by atoms with Crippen LogP contribution in [0.4, 0.5) is 13.6 Å². The fourth-order valence-corrected chi connectivity index (χ4v) is 1.84. The van der Waals surface area contributed by atoms with Crippen LogP contribution in [-0.4, -0.2) is 17.7 Å². The second-order valence-electron chi connectivity index (χ2n) is 4.66. The van der Waals surface area contributed by atoms with Crippen LogP contribution in [0.2, 0.25) is 0 Å². The Kier molecular flexibility index (Phi) is 5.43. The normalized spacial score (nSPS) is 11.8. The SMILES string of the molecule is O=C(NCC(O)c1cc(F)cc(F)c1)OCc1ccccc1. The van der Waals surface area contributed by atoms with Gasteiger partial charge in [-0.2, -0.15) is 0 Å². The molecule has 2 aromatic rings. The lowest BCUT2D eigenvalue weighted by atomic mass is 10.1. The van der Waals surface area contributed by atoms with E-state index in [2.05, 4.69) is 5.32 Å². The average molecular weight is 307 g/mol. The molecule has 0 fully saturated rings. The highest BCUT2D eigenvalue weighted by atomic mass is 19.1. The van der Waals surface area contributed by atoms with Gasteiger partial charge in [-0.1, -0.05) is 30.3 Å². The zero-order valence-corrected chi connectivity index (χ0v) is 11.6. The van der Waals surface area contributed by atoms with Gasteiger partial charge in [0.1, 0.15) is 18.2 Å². The van der Waals surface area contributed by atoms with Gasteiger partial charge in [0.2, 0.25) is 0 Å². The molecule has 0 saturated heterocycles. The molecule has 0 spiro atoms. The third-order valence-electron chi connectivity index (χ3n) is 2.92. The lowest BCUT2D eigenvalue weighted by Crippen LogP contribution is -2.29. The second-order valence-corrected chi connectivity index (χ2v) is 4.66. The molecular weight excluding hydrogens is 292 g/mol. The van der Waals surface area contributed by atoms with Crippen LogP contribution in [0.15, 0.2) is 48.5 Å². The second kappa shape index (κ2) is 7.51. The Morgan fingerprint density at radius 3 is 2.41 bits per heavy atom. The van der Waals surface area contributed by atoms with Crippen LogP contribution >= 0.6 is 0 Å². The highest BCUT2D eigenvalue weighted by Gasteiger charge is 2.12. The first-order chi connectivity index (χ1) is 10.5. The van der Waals surface area contributed by atoms with Gasteiger partial charge in [-0.3, -0.25) is 0 Å². The molecule has 0 bridgehead atoms. The summed E-state index contributed by atoms with van der Waals surface area (Å²) in [5.41, 5.74) is 0.867. The zero-order chi connectivity index (χ0) is 15.9. The number of nitrogens with one attached hydrogen (secondary N) is 1. The molecule has 0 radical (unpaired) electrons. The minimum atomic E-state index is -1.23. The van der Waals surface area contributed by atoms with E-state index in [-0.39, 0.29) is 18.7 Å². The van der Waals surface area contributed by atoms with Gasteiger partial charge in [-0.25, -0.2) is 13.6 Å². The number of halogens is 2. The Balaban J connectivity index is 1.80. The van der Waals surface area contributed by atoms with Gasteiger partial charge in [0.25, 0.3) is 0 Å². The monoisotopic (exact) mass is 307 g/mol. The molecule has 1 atom stereocenters. The van der Waals surface area contributed by atoms with Crippen LogP contribution in [-0.2, 0) is 11.3 Å². The fraction of sp³-hybridized carbons (Fsp3) is 0.188. The first kappa shape index (κ1) is 15.9. The molecule has 2 rings (SSSR count). The van der Waals surface area contributed by atoms with Crippen LogP contribution in [0.1, 0.15) is 17.2 Å². The predicted octanol–water partition coefficient (Wildman–Crippen LogP) is 2.92. The maximum atomic E-state index is 13.0. The van der Waals surface area contributed by atoms with Crippen molar-refractivity contribution in [3.63, 3.8) is 0 Å². The van der Waals surface area contributed by atoms with E-state index in [1.165, 1.54) is 0 Å². The Hall–Kier alpha value is -2.47. The molecular formula is C16H15F2NO3. The molecule has 0 saturated carbocycles. The molecule has 0 aromatic heterocycles. The minimum absolute atomic E-state index is 0.0425. The Labute approximate surface area is 126 Å². The molecule has 0 heterocycles. The van der Waals surface area contributed by atoms with Crippen molar-refractivity contribution in [2.75, 3.05) is 6.54 Å². The highest BCUT2D eigenvalue weighted by molar-refractivity contribution is 5.67. The van der Waals surface area contributed by atoms with Crippen LogP contribution in [0.3, 0.4) is 0 Å². The quantitative estimate of drug-likeness (QED) is 0.893. The molecule has 1 amide bonds. The molecule has 4 nitrogen and oxygen atoms in total. The van der Waals surface area contributed by atoms with E-state index < -0.39 is 23.8 Å². The number of alkyl carbamates (subject to hydrolysis) is 1. The maximum Gasteiger partial charge on any atom is 0.407 e. The smallest absolute Gasteiger partial charge is 0.407 e. The van der Waals surface area contributed by atoms with Crippen LogP contribution in [0.5, 0.6) is 0 Å². The molecule has 22 heavy (non-hydrogen) atoms. The lowest BCUT2D eigenvalue weighted by Gasteiger charge is -2.13. The van der Waals surface area contributed by atoms with Crippen LogP contribution < -0.4 is 5.32 Å². The molecule has 2 aromatic carbocycles. The number of hydrogen-bond acceptors (Lipinski definition) is 3. The third-order valence-corrected chi connectivity index (χ3v) is 2.92. The number of amides is 1. The van der Waals surface area contributed by atoms with Gasteiger partial charge in [-0.05, 0) is 23.3 Å². The van der Waals surface area contributed by atoms with Crippen molar-refractivity contribution in [3.8, 4) is 0 Å². The van der Waals surface area contributed by atoms with E-state index in [9.17, 15) is 18.7 Å².